The molecular weight excluding hydrogens is 226 g/mol. The summed E-state index contributed by atoms with van der Waals surface area (Å²) >= 11 is 0. The Hall–Kier alpha value is -2.13. The lowest BCUT2D eigenvalue weighted by molar-refractivity contribution is -0.107. The van der Waals surface area contributed by atoms with Gasteiger partial charge in [-0.2, -0.15) is 0 Å². The Kier molecular flexibility index (Phi) is 6.22. The van der Waals surface area contributed by atoms with Crippen LogP contribution in [0.15, 0.2) is 54.6 Å². The minimum absolute atomic E-state index is 0.423. The number of hydrogen-bond donors (Lipinski definition) is 1. The van der Waals surface area contributed by atoms with Crippen molar-refractivity contribution in [2.45, 2.75) is 6.42 Å². The van der Waals surface area contributed by atoms with Crippen LogP contribution < -0.4 is 10.5 Å². The maximum absolute atomic E-state index is 10.4. The van der Waals surface area contributed by atoms with Gasteiger partial charge in [0.2, 0.25) is 0 Å². The summed E-state index contributed by atoms with van der Waals surface area (Å²) in [6, 6.07) is 17.1. The first-order valence-electron chi connectivity index (χ1n) is 5.72. The van der Waals surface area contributed by atoms with E-state index in [1.165, 1.54) is 7.05 Å². The van der Waals surface area contributed by atoms with Crippen molar-refractivity contribution in [1.82, 2.24) is 0 Å². The van der Waals surface area contributed by atoms with E-state index in [4.69, 9.17) is 4.74 Å². The molecule has 0 fully saturated rings. The van der Waals surface area contributed by atoms with E-state index in [0.29, 0.717) is 6.42 Å². The molecule has 0 aromatic heterocycles. The van der Waals surface area contributed by atoms with Gasteiger partial charge >= 0.3 is 0 Å². The van der Waals surface area contributed by atoms with E-state index >= 15 is 0 Å². The fourth-order valence-corrected chi connectivity index (χ4v) is 1.46. The molecule has 0 atom stereocenters. The molecule has 0 spiro atoms. The number of rotatable bonds is 4. The fourth-order valence-electron chi connectivity index (χ4n) is 1.46. The summed E-state index contributed by atoms with van der Waals surface area (Å²) in [7, 11) is 1.50. The molecule has 0 aliphatic rings. The molecule has 94 valence electrons. The van der Waals surface area contributed by atoms with Gasteiger partial charge in [-0.1, -0.05) is 30.3 Å². The monoisotopic (exact) mass is 243 g/mol. The van der Waals surface area contributed by atoms with Crippen LogP contribution in [-0.4, -0.2) is 13.3 Å². The van der Waals surface area contributed by atoms with Crippen LogP contribution in [0.25, 0.3) is 0 Å². The van der Waals surface area contributed by atoms with E-state index in [2.05, 4.69) is 5.73 Å². The minimum atomic E-state index is 0.423. The molecule has 0 bridgehead atoms. The Bertz CT molecular complexity index is 469. The van der Waals surface area contributed by atoms with E-state index in [-0.39, 0.29) is 0 Å². The first-order valence-corrected chi connectivity index (χ1v) is 5.72. The van der Waals surface area contributed by atoms with Gasteiger partial charge in [-0.25, -0.2) is 0 Å². The highest BCUT2D eigenvalue weighted by Crippen LogP contribution is 2.21. The van der Waals surface area contributed by atoms with Crippen LogP contribution in [-0.2, 0) is 11.2 Å². The normalized spacial score (nSPS) is 9.00. The average Bonchev–Trinajstić information content (AvgIpc) is 2.43. The Morgan fingerprint density at radius 1 is 1.00 bits per heavy atom. The zero-order chi connectivity index (χ0) is 13.2. The lowest BCUT2D eigenvalue weighted by atomic mass is 10.1. The highest BCUT2D eigenvalue weighted by atomic mass is 16.5. The highest BCUT2D eigenvalue weighted by molar-refractivity contribution is 5.55. The number of carbonyl (C=O) groups is 1. The van der Waals surface area contributed by atoms with E-state index in [1.54, 1.807) is 0 Å². The molecule has 2 aromatic rings. The van der Waals surface area contributed by atoms with Gasteiger partial charge in [0, 0.05) is 6.42 Å². The van der Waals surface area contributed by atoms with Gasteiger partial charge in [0.1, 0.15) is 17.8 Å². The predicted molar refractivity (Wildman–Crippen MR) is 72.8 cm³/mol. The molecule has 0 aliphatic heterocycles. The Labute approximate surface area is 107 Å². The van der Waals surface area contributed by atoms with Crippen LogP contribution in [0.5, 0.6) is 11.5 Å². The van der Waals surface area contributed by atoms with Crippen molar-refractivity contribution in [2.75, 3.05) is 7.05 Å². The number of nitrogens with two attached hydrogens (primary N) is 1. The van der Waals surface area contributed by atoms with Crippen molar-refractivity contribution >= 4 is 6.29 Å². The van der Waals surface area contributed by atoms with Gasteiger partial charge < -0.3 is 15.3 Å². The van der Waals surface area contributed by atoms with Gasteiger partial charge in [-0.15, -0.1) is 0 Å². The summed E-state index contributed by atoms with van der Waals surface area (Å²) in [6.07, 6.45) is 1.31. The van der Waals surface area contributed by atoms with E-state index in [0.717, 1.165) is 23.3 Å². The van der Waals surface area contributed by atoms with E-state index in [1.807, 2.05) is 54.6 Å². The third-order valence-electron chi connectivity index (χ3n) is 2.20. The molecule has 0 aliphatic carbocycles. The van der Waals surface area contributed by atoms with Crippen molar-refractivity contribution in [3.63, 3.8) is 0 Å². The average molecular weight is 243 g/mol. The summed E-state index contributed by atoms with van der Waals surface area (Å²) in [5.74, 6) is 1.55. The number of carbonyl (C=O) groups excluding carboxylic acids is 1. The molecule has 3 heteroatoms. The third kappa shape index (κ3) is 4.39. The molecule has 0 heterocycles. The molecular formula is C15H17NO2. The van der Waals surface area contributed by atoms with Crippen LogP contribution in [0.4, 0.5) is 0 Å². The summed E-state index contributed by atoms with van der Waals surface area (Å²) in [5, 5.41) is 0. The van der Waals surface area contributed by atoms with E-state index in [9.17, 15) is 4.79 Å². The first kappa shape index (κ1) is 13.9. The molecule has 0 unspecified atom stereocenters. The van der Waals surface area contributed by atoms with Gasteiger partial charge in [-0.3, -0.25) is 0 Å². The zero-order valence-corrected chi connectivity index (χ0v) is 10.4. The summed E-state index contributed by atoms with van der Waals surface area (Å²) < 4.78 is 5.65. The lowest BCUT2D eigenvalue weighted by Gasteiger charge is -2.06. The van der Waals surface area contributed by atoms with Gasteiger partial charge in [0.05, 0.1) is 0 Å². The molecule has 0 saturated carbocycles. The Morgan fingerprint density at radius 2 is 1.67 bits per heavy atom. The van der Waals surface area contributed by atoms with Gasteiger partial charge in [-0.05, 0) is 36.9 Å². The Balaban J connectivity index is 0.000000771. The number of para-hydroxylation sites is 1. The lowest BCUT2D eigenvalue weighted by Crippen LogP contribution is -1.88. The largest absolute Gasteiger partial charge is 0.457 e. The van der Waals surface area contributed by atoms with Gasteiger partial charge in [0.25, 0.3) is 0 Å². The highest BCUT2D eigenvalue weighted by Gasteiger charge is 1.98. The molecule has 2 aromatic carbocycles. The summed E-state index contributed by atoms with van der Waals surface area (Å²) in [6.45, 7) is 0. The Morgan fingerprint density at radius 3 is 2.33 bits per heavy atom. The third-order valence-corrected chi connectivity index (χ3v) is 2.20. The number of benzene rings is 2. The standard InChI is InChI=1S/C14H12O2.CH5N/c15-10-9-12-5-4-8-14(11-12)16-13-6-2-1-3-7-13;1-2/h1-8,10-11H,9H2;2H2,1H3. The number of aldehydes is 1. The molecule has 0 saturated heterocycles. The van der Waals surface area contributed by atoms with Crippen molar-refractivity contribution in [2.24, 2.45) is 5.73 Å². The zero-order valence-electron chi connectivity index (χ0n) is 10.4. The topological polar surface area (TPSA) is 52.3 Å². The number of ether oxygens (including phenoxy) is 1. The van der Waals surface area contributed by atoms with Crippen LogP contribution in [0.3, 0.4) is 0 Å². The molecule has 3 nitrogen and oxygen atoms in total. The quantitative estimate of drug-likeness (QED) is 0.840. The molecule has 0 radical (unpaired) electrons. The van der Waals surface area contributed by atoms with Crippen LogP contribution in [0.1, 0.15) is 5.56 Å². The smallest absolute Gasteiger partial charge is 0.127 e. The summed E-state index contributed by atoms with van der Waals surface area (Å²) in [5.41, 5.74) is 5.46. The van der Waals surface area contributed by atoms with Crippen LogP contribution in [0.2, 0.25) is 0 Å². The first-order chi connectivity index (χ1) is 8.88. The van der Waals surface area contributed by atoms with Crippen molar-refractivity contribution in [1.29, 1.82) is 0 Å². The molecule has 18 heavy (non-hydrogen) atoms. The van der Waals surface area contributed by atoms with E-state index < -0.39 is 0 Å². The van der Waals surface area contributed by atoms with Gasteiger partial charge in [0.15, 0.2) is 0 Å². The fraction of sp³-hybridized carbons (Fsp3) is 0.133. The second-order valence-corrected chi connectivity index (χ2v) is 3.43. The second kappa shape index (κ2) is 8.03. The number of hydrogen-bond acceptors (Lipinski definition) is 3. The maximum atomic E-state index is 10.4. The summed E-state index contributed by atoms with van der Waals surface area (Å²) in [4.78, 5) is 10.4. The van der Waals surface area contributed by atoms with Crippen molar-refractivity contribution in [3.05, 3.63) is 60.2 Å². The molecule has 2 rings (SSSR count). The SMILES string of the molecule is CN.O=CCc1cccc(Oc2ccccc2)c1. The van der Waals surface area contributed by atoms with Crippen LogP contribution >= 0.6 is 0 Å². The molecule has 2 N–H and O–H groups in total. The second-order valence-electron chi connectivity index (χ2n) is 3.43. The molecule has 0 amide bonds. The van der Waals surface area contributed by atoms with Crippen molar-refractivity contribution in [3.8, 4) is 11.5 Å². The minimum Gasteiger partial charge on any atom is -0.457 e. The predicted octanol–water partition coefficient (Wildman–Crippen LogP) is 2.80. The van der Waals surface area contributed by atoms with Crippen molar-refractivity contribution < 1.29 is 9.53 Å². The maximum Gasteiger partial charge on any atom is 0.127 e. The van der Waals surface area contributed by atoms with Crippen LogP contribution in [0, 0.1) is 0 Å².